The Kier molecular flexibility index (Phi) is 3.40. The van der Waals surface area contributed by atoms with Gasteiger partial charge in [0.25, 0.3) is 6.43 Å². The molecule has 0 spiro atoms. The second-order valence-corrected chi connectivity index (χ2v) is 4.19. The molecule has 0 aliphatic heterocycles. The van der Waals surface area contributed by atoms with Crippen LogP contribution in [-0.4, -0.2) is 22.1 Å². The van der Waals surface area contributed by atoms with Gasteiger partial charge in [-0.05, 0) is 18.2 Å². The average Bonchev–Trinajstić information content (AvgIpc) is 2.74. The maximum Gasteiger partial charge on any atom is 0.332 e. The Hall–Kier alpha value is -2.13. The Bertz CT molecular complexity index is 691. The van der Waals surface area contributed by atoms with Crippen LogP contribution in [0.15, 0.2) is 24.4 Å². The lowest BCUT2D eigenvalue weighted by molar-refractivity contribution is -0.145. The van der Waals surface area contributed by atoms with Crippen LogP contribution in [0.3, 0.4) is 0 Å². The first-order valence-corrected chi connectivity index (χ1v) is 5.55. The first kappa shape index (κ1) is 13.3. The van der Waals surface area contributed by atoms with Gasteiger partial charge in [-0.2, -0.15) is 5.26 Å². The molecule has 19 heavy (non-hydrogen) atoms. The molecule has 1 aromatic heterocycles. The van der Waals surface area contributed by atoms with Crippen LogP contribution in [0.1, 0.15) is 11.6 Å². The Labute approximate surface area is 111 Å². The molecule has 4 nitrogen and oxygen atoms in total. The average molecular weight is 285 g/mol. The second kappa shape index (κ2) is 4.86. The molecule has 1 aromatic carbocycles. The lowest BCUT2D eigenvalue weighted by atomic mass is 10.1. The third-order valence-electron chi connectivity index (χ3n) is 2.75. The number of hydrogen-bond acceptors (Lipinski definition) is 2. The number of nitrogens with zero attached hydrogens (tertiary/aromatic N) is 2. The summed E-state index contributed by atoms with van der Waals surface area (Å²) in [6, 6.07) is 4.06. The molecule has 2 rings (SSSR count). The van der Waals surface area contributed by atoms with E-state index in [0.717, 1.165) is 4.57 Å². The van der Waals surface area contributed by atoms with Crippen LogP contribution in [0.4, 0.5) is 8.78 Å². The van der Waals surface area contributed by atoms with E-state index in [2.05, 4.69) is 0 Å². The van der Waals surface area contributed by atoms with Gasteiger partial charge in [-0.25, -0.2) is 13.6 Å². The van der Waals surface area contributed by atoms with E-state index in [1.807, 2.05) is 6.07 Å². The largest absolute Gasteiger partial charge is 0.480 e. The zero-order valence-electron chi connectivity index (χ0n) is 9.35. The van der Waals surface area contributed by atoms with Crippen molar-refractivity contribution < 1.29 is 18.7 Å². The number of hydrogen-bond donors (Lipinski definition) is 1. The number of nitriles is 1. The Morgan fingerprint density at radius 1 is 1.42 bits per heavy atom. The lowest BCUT2D eigenvalue weighted by Crippen LogP contribution is -2.25. The number of aromatic nitrogens is 1. The van der Waals surface area contributed by atoms with Crippen LogP contribution in [0.2, 0.25) is 5.02 Å². The molecule has 7 heteroatoms. The zero-order valence-corrected chi connectivity index (χ0v) is 10.1. The molecule has 0 saturated carbocycles. The minimum atomic E-state index is -3.05. The topological polar surface area (TPSA) is 66.0 Å². The highest BCUT2D eigenvalue weighted by Crippen LogP contribution is 2.31. The van der Waals surface area contributed by atoms with Crippen LogP contribution in [-0.2, 0) is 4.79 Å². The molecule has 98 valence electrons. The summed E-state index contributed by atoms with van der Waals surface area (Å²) in [5.74, 6) is -1.63. The number of carbonyl (C=O) groups is 1. The van der Waals surface area contributed by atoms with Crippen LogP contribution in [0.5, 0.6) is 0 Å². The molecule has 1 heterocycles. The molecule has 0 fully saturated rings. The Balaban J connectivity index is 2.68. The molecule has 0 radical (unpaired) electrons. The van der Waals surface area contributed by atoms with Crippen molar-refractivity contribution in [3.05, 3.63) is 35.0 Å². The Morgan fingerprint density at radius 2 is 2.11 bits per heavy atom. The quantitative estimate of drug-likeness (QED) is 0.942. The molecular weight excluding hydrogens is 278 g/mol. The number of alkyl halides is 2. The molecule has 2 aromatic rings. The van der Waals surface area contributed by atoms with Crippen molar-refractivity contribution in [1.82, 2.24) is 4.57 Å². The van der Waals surface area contributed by atoms with E-state index in [0.29, 0.717) is 5.39 Å². The molecule has 1 N–H and O–H groups in total. The summed E-state index contributed by atoms with van der Waals surface area (Å²) in [5, 5.41) is 18.2. The van der Waals surface area contributed by atoms with Gasteiger partial charge in [-0.3, -0.25) is 0 Å². The van der Waals surface area contributed by atoms with Crippen LogP contribution < -0.4 is 0 Å². The smallest absolute Gasteiger partial charge is 0.332 e. The number of benzene rings is 1. The number of carboxylic acids is 1. The van der Waals surface area contributed by atoms with E-state index in [9.17, 15) is 13.6 Å². The van der Waals surface area contributed by atoms with Gasteiger partial charge in [-0.1, -0.05) is 11.6 Å². The van der Waals surface area contributed by atoms with Gasteiger partial charge in [0.05, 0.1) is 16.1 Å². The molecule has 1 atom stereocenters. The predicted molar refractivity (Wildman–Crippen MR) is 64.3 cm³/mol. The number of halogens is 3. The second-order valence-electron chi connectivity index (χ2n) is 3.81. The van der Waals surface area contributed by atoms with Gasteiger partial charge in [0.1, 0.15) is 6.07 Å². The van der Waals surface area contributed by atoms with Crippen molar-refractivity contribution in [2.45, 2.75) is 12.5 Å². The summed E-state index contributed by atoms with van der Waals surface area (Å²) in [7, 11) is 0. The van der Waals surface area contributed by atoms with E-state index in [1.54, 1.807) is 0 Å². The van der Waals surface area contributed by atoms with Crippen molar-refractivity contribution in [2.24, 2.45) is 0 Å². The normalized spacial score (nSPS) is 12.6. The highest BCUT2D eigenvalue weighted by atomic mass is 35.5. The van der Waals surface area contributed by atoms with Gasteiger partial charge in [0.15, 0.2) is 6.04 Å². The minimum absolute atomic E-state index is 0.122. The number of fused-ring (bicyclic) bond motifs is 1. The lowest BCUT2D eigenvalue weighted by Gasteiger charge is -2.14. The Morgan fingerprint density at radius 3 is 2.63 bits per heavy atom. The summed E-state index contributed by atoms with van der Waals surface area (Å²) in [6.45, 7) is 0. The predicted octanol–water partition coefficient (Wildman–Crippen LogP) is 3.06. The standard InChI is InChI=1S/C12H7ClF2N2O2/c13-9-6(5-16)1-2-8-7(9)3-4-17(8)10(11(14)15)12(18)19/h1-4,10-11H,(H,18,19). The molecule has 0 amide bonds. The number of rotatable bonds is 3. The van der Waals surface area contributed by atoms with Gasteiger partial charge in [0.2, 0.25) is 0 Å². The third-order valence-corrected chi connectivity index (χ3v) is 3.16. The fourth-order valence-corrected chi connectivity index (χ4v) is 2.14. The summed E-state index contributed by atoms with van der Waals surface area (Å²) in [6.07, 6.45) is -1.83. The van der Waals surface area contributed by atoms with Crippen LogP contribution in [0.25, 0.3) is 10.9 Å². The number of aliphatic carboxylic acids is 1. The summed E-state index contributed by atoms with van der Waals surface area (Å²) in [5.41, 5.74) is 0.451. The van der Waals surface area contributed by atoms with Crippen molar-refractivity contribution in [3.63, 3.8) is 0 Å². The minimum Gasteiger partial charge on any atom is -0.480 e. The maximum absolute atomic E-state index is 12.8. The van der Waals surface area contributed by atoms with Gasteiger partial charge >= 0.3 is 5.97 Å². The first-order chi connectivity index (χ1) is 8.97. The molecule has 0 saturated heterocycles. The highest BCUT2D eigenvalue weighted by molar-refractivity contribution is 6.36. The highest BCUT2D eigenvalue weighted by Gasteiger charge is 2.30. The van der Waals surface area contributed by atoms with E-state index in [4.69, 9.17) is 22.0 Å². The molecule has 0 aliphatic rings. The molecule has 1 unspecified atom stereocenters. The third kappa shape index (κ3) is 2.13. The van der Waals surface area contributed by atoms with Gasteiger partial charge < -0.3 is 9.67 Å². The van der Waals surface area contributed by atoms with E-state index < -0.39 is 18.4 Å². The zero-order chi connectivity index (χ0) is 14.2. The summed E-state index contributed by atoms with van der Waals surface area (Å²) < 4.78 is 26.5. The van der Waals surface area contributed by atoms with Gasteiger partial charge in [0, 0.05) is 11.6 Å². The maximum atomic E-state index is 12.8. The van der Waals surface area contributed by atoms with Crippen molar-refractivity contribution in [3.8, 4) is 6.07 Å². The van der Waals surface area contributed by atoms with Gasteiger partial charge in [-0.15, -0.1) is 0 Å². The monoisotopic (exact) mass is 284 g/mol. The first-order valence-electron chi connectivity index (χ1n) is 5.17. The summed E-state index contributed by atoms with van der Waals surface area (Å²) >= 11 is 5.95. The summed E-state index contributed by atoms with van der Waals surface area (Å²) in [4.78, 5) is 10.9. The fraction of sp³-hybridized carbons (Fsp3) is 0.167. The van der Waals surface area contributed by atoms with Crippen molar-refractivity contribution in [2.75, 3.05) is 0 Å². The molecule has 0 bridgehead atoms. The fourth-order valence-electron chi connectivity index (χ4n) is 1.88. The molecular formula is C12H7ClF2N2O2. The van der Waals surface area contributed by atoms with Crippen molar-refractivity contribution in [1.29, 1.82) is 5.26 Å². The van der Waals surface area contributed by atoms with E-state index in [1.165, 1.54) is 24.4 Å². The van der Waals surface area contributed by atoms with E-state index in [-0.39, 0.29) is 16.1 Å². The van der Waals surface area contributed by atoms with Crippen molar-refractivity contribution >= 4 is 28.5 Å². The van der Waals surface area contributed by atoms with Crippen LogP contribution in [0, 0.1) is 11.3 Å². The molecule has 0 aliphatic carbocycles. The number of carboxylic acid groups (broad SMARTS) is 1. The van der Waals surface area contributed by atoms with E-state index >= 15 is 0 Å². The SMILES string of the molecule is N#Cc1ccc2c(ccn2C(C(=O)O)C(F)F)c1Cl. The van der Waals surface area contributed by atoms with Crippen LogP contribution >= 0.6 is 11.6 Å².